The van der Waals surface area contributed by atoms with Crippen LogP contribution in [0.2, 0.25) is 10.5 Å². The standard InChI is InChI=1S/2C14H22O.2CH3.Ti/c2*1-13(2,3)10-8-7-9-11(12(10)15)14(4,5)6;;;/h2*7-9,15H,1-6H3;2*1H3;/q;;;;+2/p-2. The number of rotatable bonds is 4. The number of para-hydroxylation sites is 2. The van der Waals surface area contributed by atoms with Gasteiger partial charge in [-0.25, -0.2) is 0 Å². The van der Waals surface area contributed by atoms with Crippen LogP contribution in [0.3, 0.4) is 0 Å². The van der Waals surface area contributed by atoms with Crippen LogP contribution in [0.15, 0.2) is 36.4 Å². The molecule has 0 amide bonds. The van der Waals surface area contributed by atoms with E-state index < -0.39 is 17.4 Å². The van der Waals surface area contributed by atoms with Gasteiger partial charge in [-0.1, -0.05) is 0 Å². The van der Waals surface area contributed by atoms with E-state index in [-0.39, 0.29) is 21.7 Å². The van der Waals surface area contributed by atoms with Crippen molar-refractivity contribution in [2.24, 2.45) is 0 Å². The molecule has 2 aromatic carbocycles. The van der Waals surface area contributed by atoms with Crippen molar-refractivity contribution in [1.82, 2.24) is 0 Å². The van der Waals surface area contributed by atoms with E-state index in [9.17, 15) is 0 Å². The van der Waals surface area contributed by atoms with Gasteiger partial charge in [0.25, 0.3) is 0 Å². The normalized spacial score (nSPS) is 13.8. The Morgan fingerprint density at radius 3 is 0.848 bits per heavy atom. The van der Waals surface area contributed by atoms with Crippen LogP contribution >= 0.6 is 0 Å². The molecule has 0 saturated heterocycles. The second-order valence-electron chi connectivity index (χ2n) is 14.0. The molecule has 0 spiro atoms. The fourth-order valence-electron chi connectivity index (χ4n) is 4.17. The molecule has 0 saturated carbocycles. The molecule has 0 unspecified atom stereocenters. The molecule has 0 atom stereocenters. The molecule has 0 radical (unpaired) electrons. The van der Waals surface area contributed by atoms with E-state index in [0.717, 1.165) is 11.5 Å². The number of hydrogen-bond acceptors (Lipinski definition) is 2. The summed E-state index contributed by atoms with van der Waals surface area (Å²) in [6.07, 6.45) is 0. The quantitative estimate of drug-likeness (QED) is 0.399. The van der Waals surface area contributed by atoms with Gasteiger partial charge >= 0.3 is 209 Å². The Morgan fingerprint density at radius 2 is 0.667 bits per heavy atom. The van der Waals surface area contributed by atoms with Gasteiger partial charge in [-0.15, -0.1) is 0 Å². The second-order valence-corrected chi connectivity index (χ2v) is 19.0. The Hall–Kier alpha value is -1.25. The summed E-state index contributed by atoms with van der Waals surface area (Å²) >= 11 is -3.24. The Morgan fingerprint density at radius 1 is 0.455 bits per heavy atom. The molecule has 184 valence electrons. The van der Waals surface area contributed by atoms with Gasteiger partial charge in [0.15, 0.2) is 0 Å². The molecule has 0 heterocycles. The fourth-order valence-corrected chi connectivity index (χ4v) is 6.46. The van der Waals surface area contributed by atoms with Crippen molar-refractivity contribution in [1.29, 1.82) is 0 Å². The molecule has 0 N–H and O–H groups in total. The first-order valence-corrected chi connectivity index (χ1v) is 16.7. The monoisotopic (exact) mass is 488 g/mol. The SMILES string of the molecule is CC(C)(C)c1cccc(C(C)(C)C)c1[O][Ti]([CH3])([CH3])[O]c1c(C(C)(C)C)cccc1C(C)(C)C. The first kappa shape index (κ1) is 28.0. The first-order chi connectivity index (χ1) is 14.6. The predicted octanol–water partition coefficient (Wildman–Crippen LogP) is 9.41. The van der Waals surface area contributed by atoms with Gasteiger partial charge < -0.3 is 0 Å². The maximum atomic E-state index is 7.02. The van der Waals surface area contributed by atoms with Crippen molar-refractivity contribution >= 4 is 0 Å². The predicted molar refractivity (Wildman–Crippen MR) is 141 cm³/mol. The first-order valence-electron chi connectivity index (χ1n) is 12.3. The van der Waals surface area contributed by atoms with Gasteiger partial charge in [0.1, 0.15) is 0 Å². The summed E-state index contributed by atoms with van der Waals surface area (Å²) in [4.78, 5) is 0. The maximum absolute atomic E-state index is 7.02. The van der Waals surface area contributed by atoms with Crippen molar-refractivity contribution in [3.05, 3.63) is 58.7 Å². The van der Waals surface area contributed by atoms with Crippen molar-refractivity contribution in [2.75, 3.05) is 0 Å². The molecule has 2 rings (SSSR count). The minimum absolute atomic E-state index is 0.0190. The molecule has 0 aromatic heterocycles. The topological polar surface area (TPSA) is 18.5 Å². The van der Waals surface area contributed by atoms with E-state index in [2.05, 4.69) is 130 Å². The summed E-state index contributed by atoms with van der Waals surface area (Å²) in [7, 11) is 0. The Labute approximate surface area is 208 Å². The van der Waals surface area contributed by atoms with Crippen molar-refractivity contribution in [3.8, 4) is 11.5 Å². The van der Waals surface area contributed by atoms with Gasteiger partial charge in [-0.2, -0.15) is 0 Å². The van der Waals surface area contributed by atoms with E-state index in [1.165, 1.54) is 22.3 Å². The molecular weight excluding hydrogens is 440 g/mol. The Kier molecular flexibility index (Phi) is 7.70. The van der Waals surface area contributed by atoms with Gasteiger partial charge in [0.05, 0.1) is 0 Å². The van der Waals surface area contributed by atoms with Crippen LogP contribution < -0.4 is 6.64 Å². The molecule has 0 fully saturated rings. The average molecular weight is 489 g/mol. The van der Waals surface area contributed by atoms with E-state index >= 15 is 0 Å². The van der Waals surface area contributed by atoms with Crippen LogP contribution in [-0.2, 0) is 39.0 Å². The van der Waals surface area contributed by atoms with E-state index in [1.54, 1.807) is 0 Å². The Balaban J connectivity index is 2.67. The third-order valence-corrected chi connectivity index (χ3v) is 8.13. The Bertz CT molecular complexity index is 830. The van der Waals surface area contributed by atoms with Crippen molar-refractivity contribution < 1.29 is 24.0 Å². The molecule has 2 nitrogen and oxygen atoms in total. The van der Waals surface area contributed by atoms with E-state index in [4.69, 9.17) is 6.64 Å². The van der Waals surface area contributed by atoms with Gasteiger partial charge in [0, 0.05) is 0 Å². The van der Waals surface area contributed by atoms with Crippen molar-refractivity contribution in [3.63, 3.8) is 0 Å². The minimum atomic E-state index is -3.24. The molecule has 3 heteroatoms. The summed E-state index contributed by atoms with van der Waals surface area (Å²) in [5.74, 6) is 2.04. The summed E-state index contributed by atoms with van der Waals surface area (Å²) in [5.41, 5.74) is 4.91. The van der Waals surface area contributed by atoms with E-state index in [0.29, 0.717) is 0 Å². The zero-order chi connectivity index (χ0) is 25.6. The summed E-state index contributed by atoms with van der Waals surface area (Å²) in [6.45, 7) is 27.1. The summed E-state index contributed by atoms with van der Waals surface area (Å²) < 4.78 is 14.0. The van der Waals surface area contributed by atoms with Crippen LogP contribution in [-0.4, -0.2) is 0 Å². The zero-order valence-electron chi connectivity index (χ0n) is 23.8. The van der Waals surface area contributed by atoms with Crippen LogP contribution in [0, 0.1) is 0 Å². The van der Waals surface area contributed by atoms with Crippen LogP contribution in [0.4, 0.5) is 0 Å². The van der Waals surface area contributed by atoms with Crippen LogP contribution in [0.5, 0.6) is 11.5 Å². The third-order valence-electron chi connectivity index (χ3n) is 5.96. The average Bonchev–Trinajstić information content (AvgIpc) is 2.57. The van der Waals surface area contributed by atoms with Crippen LogP contribution in [0.1, 0.15) is 105 Å². The van der Waals surface area contributed by atoms with Crippen molar-refractivity contribution in [2.45, 2.75) is 115 Å². The molecule has 2 aromatic rings. The molecule has 0 aliphatic rings. The third kappa shape index (κ3) is 6.89. The van der Waals surface area contributed by atoms with Gasteiger partial charge in [-0.3, -0.25) is 0 Å². The van der Waals surface area contributed by atoms with Crippen LogP contribution in [0.25, 0.3) is 0 Å². The molecular formula is C30H48O2Ti. The molecule has 0 aliphatic heterocycles. The summed E-state index contributed by atoms with van der Waals surface area (Å²) in [6, 6.07) is 13.2. The van der Waals surface area contributed by atoms with E-state index in [1.807, 2.05) is 0 Å². The van der Waals surface area contributed by atoms with Gasteiger partial charge in [0.2, 0.25) is 0 Å². The number of benzene rings is 2. The summed E-state index contributed by atoms with van der Waals surface area (Å²) in [5, 5.41) is 4.44. The second kappa shape index (κ2) is 9.08. The molecule has 0 aliphatic carbocycles. The molecule has 0 bridgehead atoms. The van der Waals surface area contributed by atoms with Gasteiger partial charge in [-0.05, 0) is 0 Å². The zero-order valence-corrected chi connectivity index (χ0v) is 25.3. The number of hydrogen-bond donors (Lipinski definition) is 0. The fraction of sp³-hybridized carbons (Fsp3) is 0.600. The molecule has 33 heavy (non-hydrogen) atoms.